The van der Waals surface area contributed by atoms with Gasteiger partial charge in [0.15, 0.2) is 5.13 Å². The molecule has 156 valence electrons. The van der Waals surface area contributed by atoms with Crippen LogP contribution in [0.25, 0.3) is 21.6 Å². The highest BCUT2D eigenvalue weighted by atomic mass is 32.1. The Kier molecular flexibility index (Phi) is 5.39. The van der Waals surface area contributed by atoms with Crippen LogP contribution in [-0.4, -0.2) is 72.0 Å². The number of hydrogen-bond acceptors (Lipinski definition) is 6. The van der Waals surface area contributed by atoms with Gasteiger partial charge >= 0.3 is 0 Å². The van der Waals surface area contributed by atoms with Gasteiger partial charge in [0.1, 0.15) is 10.3 Å². The van der Waals surface area contributed by atoms with Crippen molar-refractivity contribution in [3.05, 3.63) is 42.5 Å². The van der Waals surface area contributed by atoms with Crippen LogP contribution >= 0.6 is 11.3 Å². The Balaban J connectivity index is 1.25. The molecule has 0 bridgehead atoms. The Bertz CT molecular complexity index is 1020. The monoisotopic (exact) mass is 421 g/mol. The van der Waals surface area contributed by atoms with Crippen LogP contribution in [0, 0.1) is 5.92 Å². The number of piperazine rings is 1. The molecule has 6 nitrogen and oxygen atoms in total. The number of amides is 1. The van der Waals surface area contributed by atoms with E-state index in [0.717, 1.165) is 78.8 Å². The second kappa shape index (κ2) is 8.32. The number of thiazole rings is 1. The van der Waals surface area contributed by atoms with Gasteiger partial charge in [-0.25, -0.2) is 9.97 Å². The average Bonchev–Trinajstić information content (AvgIpc) is 3.23. The number of piperidine rings is 1. The molecule has 0 N–H and O–H groups in total. The van der Waals surface area contributed by atoms with Crippen molar-refractivity contribution in [2.45, 2.75) is 12.8 Å². The Hall–Kier alpha value is -2.51. The van der Waals surface area contributed by atoms with Gasteiger partial charge in [-0.1, -0.05) is 41.7 Å². The molecule has 0 spiro atoms. The molecule has 2 saturated heterocycles. The van der Waals surface area contributed by atoms with E-state index in [0.29, 0.717) is 5.91 Å². The van der Waals surface area contributed by atoms with Gasteiger partial charge in [0.25, 0.3) is 0 Å². The standard InChI is InChI=1S/C23H27N5OS/c1-26-13-15-27(16-14-26)22(29)18-9-11-28(12-10-18)23-25-20-8-7-19(24-21(20)30-23)17-5-3-2-4-6-17/h2-8,18H,9-16H2,1H3. The largest absolute Gasteiger partial charge is 0.348 e. The van der Waals surface area contributed by atoms with Crippen LogP contribution in [0.3, 0.4) is 0 Å². The third kappa shape index (κ3) is 3.91. The van der Waals surface area contributed by atoms with E-state index in [1.165, 1.54) is 0 Å². The lowest BCUT2D eigenvalue weighted by molar-refractivity contribution is -0.137. The number of nitrogens with zero attached hydrogens (tertiary/aromatic N) is 5. The highest BCUT2D eigenvalue weighted by molar-refractivity contribution is 7.21. The summed E-state index contributed by atoms with van der Waals surface area (Å²) in [5, 5.41) is 1.02. The summed E-state index contributed by atoms with van der Waals surface area (Å²) in [6.45, 7) is 5.46. The number of benzene rings is 1. The Labute approximate surface area is 181 Å². The summed E-state index contributed by atoms with van der Waals surface area (Å²) in [5.74, 6) is 0.503. The number of aromatic nitrogens is 2. The summed E-state index contributed by atoms with van der Waals surface area (Å²) in [6.07, 6.45) is 1.81. The normalized spacial score (nSPS) is 18.8. The first-order valence-electron chi connectivity index (χ1n) is 10.7. The smallest absolute Gasteiger partial charge is 0.225 e. The molecule has 0 atom stereocenters. The van der Waals surface area contributed by atoms with Crippen molar-refractivity contribution < 1.29 is 4.79 Å². The lowest BCUT2D eigenvalue weighted by Crippen LogP contribution is -2.50. The minimum absolute atomic E-state index is 0.154. The quantitative estimate of drug-likeness (QED) is 0.649. The minimum atomic E-state index is 0.154. The third-order valence-electron chi connectivity index (χ3n) is 6.24. The van der Waals surface area contributed by atoms with Gasteiger partial charge in [0, 0.05) is 50.7 Å². The number of pyridine rings is 1. The van der Waals surface area contributed by atoms with Crippen molar-refractivity contribution in [3.63, 3.8) is 0 Å². The second-order valence-corrected chi connectivity index (χ2v) is 9.23. The Morgan fingerprint density at radius 1 is 0.933 bits per heavy atom. The van der Waals surface area contributed by atoms with Crippen LogP contribution in [0.1, 0.15) is 12.8 Å². The number of rotatable bonds is 3. The van der Waals surface area contributed by atoms with Crippen LogP contribution in [0.2, 0.25) is 0 Å². The lowest BCUT2D eigenvalue weighted by Gasteiger charge is -2.37. The van der Waals surface area contributed by atoms with E-state index in [2.05, 4.69) is 39.9 Å². The Morgan fingerprint density at radius 2 is 1.67 bits per heavy atom. The van der Waals surface area contributed by atoms with Crippen LogP contribution < -0.4 is 4.90 Å². The number of carbonyl (C=O) groups excluding carboxylic acids is 1. The van der Waals surface area contributed by atoms with E-state index in [4.69, 9.17) is 9.97 Å². The van der Waals surface area contributed by atoms with Gasteiger partial charge in [-0.05, 0) is 32.0 Å². The summed E-state index contributed by atoms with van der Waals surface area (Å²) in [6, 6.07) is 14.4. The summed E-state index contributed by atoms with van der Waals surface area (Å²) in [4.78, 5) is 30.2. The maximum atomic E-state index is 12.9. The second-order valence-electron chi connectivity index (χ2n) is 8.27. The van der Waals surface area contributed by atoms with Gasteiger partial charge in [-0.2, -0.15) is 0 Å². The van der Waals surface area contributed by atoms with Gasteiger partial charge in [-0.3, -0.25) is 4.79 Å². The molecule has 0 radical (unpaired) electrons. The predicted molar refractivity (Wildman–Crippen MR) is 122 cm³/mol. The van der Waals surface area contributed by atoms with Gasteiger partial charge in [0.05, 0.1) is 5.69 Å². The molecule has 2 aliphatic rings. The van der Waals surface area contributed by atoms with E-state index >= 15 is 0 Å². The van der Waals surface area contributed by atoms with E-state index in [9.17, 15) is 4.79 Å². The molecular weight excluding hydrogens is 394 g/mol. The molecule has 0 aliphatic carbocycles. The van der Waals surface area contributed by atoms with Crippen LogP contribution in [0.4, 0.5) is 5.13 Å². The zero-order valence-corrected chi connectivity index (χ0v) is 18.1. The van der Waals surface area contributed by atoms with Crippen molar-refractivity contribution in [1.29, 1.82) is 0 Å². The van der Waals surface area contributed by atoms with Crippen molar-refractivity contribution in [1.82, 2.24) is 19.8 Å². The maximum absolute atomic E-state index is 12.9. The maximum Gasteiger partial charge on any atom is 0.225 e. The fraction of sp³-hybridized carbons (Fsp3) is 0.435. The molecule has 7 heteroatoms. The molecule has 0 saturated carbocycles. The molecule has 30 heavy (non-hydrogen) atoms. The van der Waals surface area contributed by atoms with E-state index in [1.807, 2.05) is 24.3 Å². The van der Waals surface area contributed by atoms with Gasteiger partial charge in [0.2, 0.25) is 5.91 Å². The molecule has 2 aromatic heterocycles. The minimum Gasteiger partial charge on any atom is -0.348 e. The summed E-state index contributed by atoms with van der Waals surface area (Å²) >= 11 is 1.65. The number of anilines is 1. The summed E-state index contributed by atoms with van der Waals surface area (Å²) in [5.41, 5.74) is 3.05. The zero-order valence-electron chi connectivity index (χ0n) is 17.3. The molecule has 1 amide bonds. The average molecular weight is 422 g/mol. The molecule has 4 heterocycles. The van der Waals surface area contributed by atoms with Crippen molar-refractivity contribution in [2.75, 3.05) is 51.2 Å². The molecule has 1 aromatic carbocycles. The first-order chi connectivity index (χ1) is 14.7. The van der Waals surface area contributed by atoms with E-state index in [-0.39, 0.29) is 5.92 Å². The number of fused-ring (bicyclic) bond motifs is 1. The van der Waals surface area contributed by atoms with Crippen LogP contribution in [-0.2, 0) is 4.79 Å². The van der Waals surface area contributed by atoms with Crippen molar-refractivity contribution in [2.24, 2.45) is 5.92 Å². The van der Waals surface area contributed by atoms with Gasteiger partial charge < -0.3 is 14.7 Å². The third-order valence-corrected chi connectivity index (χ3v) is 7.27. The highest BCUT2D eigenvalue weighted by Gasteiger charge is 2.30. The van der Waals surface area contributed by atoms with Crippen molar-refractivity contribution in [3.8, 4) is 11.3 Å². The summed E-state index contributed by atoms with van der Waals surface area (Å²) < 4.78 is 0. The number of hydrogen-bond donors (Lipinski definition) is 0. The van der Waals surface area contributed by atoms with Crippen LogP contribution in [0.5, 0.6) is 0 Å². The molecule has 2 aliphatic heterocycles. The van der Waals surface area contributed by atoms with E-state index < -0.39 is 0 Å². The predicted octanol–water partition coefficient (Wildman–Crippen LogP) is 3.35. The molecule has 5 rings (SSSR count). The first kappa shape index (κ1) is 19.5. The number of likely N-dealkylation sites (N-methyl/N-ethyl adjacent to an activating group) is 1. The first-order valence-corrected chi connectivity index (χ1v) is 11.5. The molecule has 2 fully saturated rings. The van der Waals surface area contributed by atoms with Gasteiger partial charge in [-0.15, -0.1) is 0 Å². The topological polar surface area (TPSA) is 52.6 Å². The fourth-order valence-corrected chi connectivity index (χ4v) is 5.30. The summed E-state index contributed by atoms with van der Waals surface area (Å²) in [7, 11) is 2.12. The van der Waals surface area contributed by atoms with Crippen molar-refractivity contribution >= 4 is 32.7 Å². The Morgan fingerprint density at radius 3 is 2.40 bits per heavy atom. The zero-order chi connectivity index (χ0) is 20.5. The van der Waals surface area contributed by atoms with Crippen LogP contribution in [0.15, 0.2) is 42.5 Å². The lowest BCUT2D eigenvalue weighted by atomic mass is 9.95. The number of carbonyl (C=O) groups is 1. The molecule has 0 unspecified atom stereocenters. The SMILES string of the molecule is CN1CCN(C(=O)C2CCN(c3nc4ccc(-c5ccccc5)nc4s3)CC2)CC1. The van der Waals surface area contributed by atoms with E-state index in [1.54, 1.807) is 11.3 Å². The molecular formula is C23H27N5OS. The fourth-order valence-electron chi connectivity index (χ4n) is 4.31. The molecule has 3 aromatic rings. The highest BCUT2D eigenvalue weighted by Crippen LogP contribution is 2.32.